The van der Waals surface area contributed by atoms with Crippen LogP contribution in [0.1, 0.15) is 12.0 Å². The first-order valence-electron chi connectivity index (χ1n) is 7.47. The van der Waals surface area contributed by atoms with Crippen LogP contribution in [-0.4, -0.2) is 51.5 Å². The number of carbonyl (C=O) groups is 2. The number of aliphatic hydroxyl groups excluding tert-OH is 1. The van der Waals surface area contributed by atoms with Gasteiger partial charge in [-0.15, -0.1) is 0 Å². The molecule has 2 amide bonds. The Balaban J connectivity index is 1.60. The molecule has 0 radical (unpaired) electrons. The molecule has 0 spiro atoms. The topological polar surface area (TPSA) is 85.4 Å². The van der Waals surface area contributed by atoms with Crippen molar-refractivity contribution in [1.82, 2.24) is 15.2 Å². The van der Waals surface area contributed by atoms with Gasteiger partial charge in [0.25, 0.3) is 0 Å². The SMILES string of the molecule is O=C1N[C@@H](Cc2c[nH]c3ccccc23)C(=O)N2C[C@@H](O)C[C@@H]12. The van der Waals surface area contributed by atoms with Gasteiger partial charge in [0.15, 0.2) is 0 Å². The van der Waals surface area contributed by atoms with E-state index in [0.717, 1.165) is 16.5 Å². The van der Waals surface area contributed by atoms with Gasteiger partial charge in [0.05, 0.1) is 6.10 Å². The highest BCUT2D eigenvalue weighted by atomic mass is 16.3. The molecule has 0 saturated carbocycles. The van der Waals surface area contributed by atoms with Gasteiger partial charge in [-0.2, -0.15) is 0 Å². The zero-order chi connectivity index (χ0) is 15.3. The average molecular weight is 299 g/mol. The first-order valence-corrected chi connectivity index (χ1v) is 7.47. The predicted molar refractivity (Wildman–Crippen MR) is 80.1 cm³/mol. The molecular formula is C16H17N3O3. The minimum absolute atomic E-state index is 0.105. The van der Waals surface area contributed by atoms with E-state index in [1.54, 1.807) is 0 Å². The molecule has 0 aliphatic carbocycles. The summed E-state index contributed by atoms with van der Waals surface area (Å²) in [5, 5.41) is 13.6. The number of nitrogens with zero attached hydrogens (tertiary/aromatic N) is 1. The number of aliphatic hydroxyl groups is 1. The second-order valence-electron chi connectivity index (χ2n) is 6.02. The molecule has 6 nitrogen and oxygen atoms in total. The number of aromatic nitrogens is 1. The highest BCUT2D eigenvalue weighted by Gasteiger charge is 2.45. The second kappa shape index (κ2) is 4.84. The van der Waals surface area contributed by atoms with Crippen LogP contribution in [0.5, 0.6) is 0 Å². The van der Waals surface area contributed by atoms with Crippen LogP contribution in [0, 0.1) is 0 Å². The zero-order valence-electron chi connectivity index (χ0n) is 12.0. The molecule has 2 saturated heterocycles. The summed E-state index contributed by atoms with van der Waals surface area (Å²) < 4.78 is 0. The van der Waals surface area contributed by atoms with Crippen LogP contribution in [-0.2, 0) is 16.0 Å². The molecule has 3 heterocycles. The number of H-pyrrole nitrogens is 1. The van der Waals surface area contributed by atoms with Gasteiger partial charge in [-0.25, -0.2) is 0 Å². The summed E-state index contributed by atoms with van der Waals surface area (Å²) in [7, 11) is 0. The van der Waals surface area contributed by atoms with Crippen LogP contribution in [0.25, 0.3) is 10.9 Å². The van der Waals surface area contributed by atoms with E-state index < -0.39 is 18.2 Å². The van der Waals surface area contributed by atoms with E-state index in [0.29, 0.717) is 12.8 Å². The van der Waals surface area contributed by atoms with Crippen LogP contribution >= 0.6 is 0 Å². The molecule has 2 aromatic rings. The molecule has 3 atom stereocenters. The summed E-state index contributed by atoms with van der Waals surface area (Å²) in [6.07, 6.45) is 2.06. The third kappa shape index (κ3) is 1.99. The average Bonchev–Trinajstić information content (AvgIpc) is 3.09. The first kappa shape index (κ1) is 13.3. The highest BCUT2D eigenvalue weighted by molar-refractivity contribution is 5.98. The van der Waals surface area contributed by atoms with Crippen molar-refractivity contribution >= 4 is 22.7 Å². The van der Waals surface area contributed by atoms with E-state index in [1.165, 1.54) is 4.90 Å². The van der Waals surface area contributed by atoms with Gasteiger partial charge in [0, 0.05) is 36.5 Å². The van der Waals surface area contributed by atoms with Crippen molar-refractivity contribution in [3.63, 3.8) is 0 Å². The lowest BCUT2D eigenvalue weighted by atomic mass is 10.0. The Bertz CT molecular complexity index is 754. The standard InChI is InChI=1S/C16H17N3O3/c20-10-6-14-15(21)18-13(16(22)19(14)8-10)5-9-7-17-12-4-2-1-3-11(9)12/h1-4,7,10,13-14,17,20H,5-6,8H2,(H,18,21)/t10-,13-,14-/m0/s1. The third-order valence-electron chi connectivity index (χ3n) is 4.58. The Hall–Kier alpha value is -2.34. The maximum Gasteiger partial charge on any atom is 0.246 e. The zero-order valence-corrected chi connectivity index (χ0v) is 12.0. The van der Waals surface area contributed by atoms with E-state index in [4.69, 9.17) is 0 Å². The van der Waals surface area contributed by atoms with Gasteiger partial charge < -0.3 is 20.3 Å². The number of hydrogen-bond donors (Lipinski definition) is 3. The molecule has 22 heavy (non-hydrogen) atoms. The number of aromatic amines is 1. The number of amides is 2. The maximum atomic E-state index is 12.6. The number of carbonyl (C=O) groups excluding carboxylic acids is 2. The first-order chi connectivity index (χ1) is 10.6. The van der Waals surface area contributed by atoms with E-state index >= 15 is 0 Å². The van der Waals surface area contributed by atoms with Gasteiger partial charge >= 0.3 is 0 Å². The fourth-order valence-electron chi connectivity index (χ4n) is 3.49. The summed E-state index contributed by atoms with van der Waals surface area (Å²) >= 11 is 0. The largest absolute Gasteiger partial charge is 0.391 e. The number of fused-ring (bicyclic) bond motifs is 2. The smallest absolute Gasteiger partial charge is 0.246 e. The molecule has 0 bridgehead atoms. The number of piperazine rings is 1. The second-order valence-corrected chi connectivity index (χ2v) is 6.02. The fourth-order valence-corrected chi connectivity index (χ4v) is 3.49. The number of nitrogens with one attached hydrogen (secondary N) is 2. The van der Waals surface area contributed by atoms with Crippen LogP contribution in [0.3, 0.4) is 0 Å². The molecule has 2 aliphatic rings. The quantitative estimate of drug-likeness (QED) is 0.739. The van der Waals surface area contributed by atoms with Crippen LogP contribution < -0.4 is 5.32 Å². The minimum Gasteiger partial charge on any atom is -0.391 e. The van der Waals surface area contributed by atoms with E-state index in [1.807, 2.05) is 30.5 Å². The van der Waals surface area contributed by atoms with Crippen molar-refractivity contribution in [2.24, 2.45) is 0 Å². The predicted octanol–water partition coefficient (Wildman–Crippen LogP) is 0.171. The van der Waals surface area contributed by atoms with Crippen molar-refractivity contribution in [2.45, 2.75) is 31.0 Å². The van der Waals surface area contributed by atoms with Gasteiger partial charge in [-0.1, -0.05) is 18.2 Å². The molecule has 6 heteroatoms. The Morgan fingerprint density at radius 3 is 2.95 bits per heavy atom. The summed E-state index contributed by atoms with van der Waals surface area (Å²) in [4.78, 5) is 29.4. The Morgan fingerprint density at radius 1 is 1.27 bits per heavy atom. The molecular weight excluding hydrogens is 282 g/mol. The summed E-state index contributed by atoms with van der Waals surface area (Å²) in [6.45, 7) is 0.251. The summed E-state index contributed by atoms with van der Waals surface area (Å²) in [5.74, 6) is -0.271. The van der Waals surface area contributed by atoms with Crippen LogP contribution in [0.2, 0.25) is 0 Å². The van der Waals surface area contributed by atoms with Crippen molar-refractivity contribution in [3.05, 3.63) is 36.0 Å². The lowest BCUT2D eigenvalue weighted by Gasteiger charge is -2.34. The van der Waals surface area contributed by atoms with Crippen molar-refractivity contribution in [1.29, 1.82) is 0 Å². The summed E-state index contributed by atoms with van der Waals surface area (Å²) in [6, 6.07) is 6.81. The Labute approximate surface area is 127 Å². The molecule has 4 rings (SSSR count). The van der Waals surface area contributed by atoms with Crippen molar-refractivity contribution in [2.75, 3.05) is 6.54 Å². The summed E-state index contributed by atoms with van der Waals surface area (Å²) in [5.41, 5.74) is 2.02. The number of rotatable bonds is 2. The molecule has 1 aromatic heterocycles. The molecule has 1 aromatic carbocycles. The van der Waals surface area contributed by atoms with Crippen molar-refractivity contribution < 1.29 is 14.7 Å². The Kier molecular flexibility index (Phi) is 2.94. The van der Waals surface area contributed by atoms with E-state index in [-0.39, 0.29) is 18.4 Å². The van der Waals surface area contributed by atoms with Crippen LogP contribution in [0.15, 0.2) is 30.5 Å². The molecule has 0 unspecified atom stereocenters. The normalized spacial score (nSPS) is 28.0. The van der Waals surface area contributed by atoms with E-state index in [2.05, 4.69) is 10.3 Å². The highest BCUT2D eigenvalue weighted by Crippen LogP contribution is 2.25. The molecule has 114 valence electrons. The van der Waals surface area contributed by atoms with Gasteiger partial charge in [-0.05, 0) is 11.6 Å². The van der Waals surface area contributed by atoms with E-state index in [9.17, 15) is 14.7 Å². The lowest BCUT2D eigenvalue weighted by Crippen LogP contribution is -2.61. The number of hydrogen-bond acceptors (Lipinski definition) is 3. The molecule has 2 aliphatic heterocycles. The Morgan fingerprint density at radius 2 is 2.09 bits per heavy atom. The lowest BCUT2D eigenvalue weighted by molar-refractivity contribution is -0.147. The van der Waals surface area contributed by atoms with Gasteiger partial charge in [0.1, 0.15) is 12.1 Å². The van der Waals surface area contributed by atoms with Crippen molar-refractivity contribution in [3.8, 4) is 0 Å². The fraction of sp³-hybridized carbons (Fsp3) is 0.375. The third-order valence-corrected chi connectivity index (χ3v) is 4.58. The maximum absolute atomic E-state index is 12.6. The number of benzene rings is 1. The molecule has 3 N–H and O–H groups in total. The molecule has 2 fully saturated rings. The van der Waals surface area contributed by atoms with Crippen LogP contribution in [0.4, 0.5) is 0 Å². The van der Waals surface area contributed by atoms with Gasteiger partial charge in [0.2, 0.25) is 11.8 Å². The van der Waals surface area contributed by atoms with Gasteiger partial charge in [-0.3, -0.25) is 9.59 Å². The minimum atomic E-state index is -0.605. The monoisotopic (exact) mass is 299 g/mol. The number of para-hydroxylation sites is 1.